The second-order valence-corrected chi connectivity index (χ2v) is 8.69. The number of nitrogens with zero attached hydrogens (tertiary/aromatic N) is 1. The van der Waals surface area contributed by atoms with Crippen LogP contribution >= 0.6 is 0 Å². The van der Waals surface area contributed by atoms with Crippen molar-refractivity contribution in [2.75, 3.05) is 6.61 Å². The summed E-state index contributed by atoms with van der Waals surface area (Å²) in [7, 11) is 0. The number of hydrogen-bond acceptors (Lipinski definition) is 5. The molecule has 1 fully saturated rings. The molecule has 200 valence electrons. The van der Waals surface area contributed by atoms with Gasteiger partial charge < -0.3 is 19.9 Å². The van der Waals surface area contributed by atoms with Crippen molar-refractivity contribution in [2.45, 2.75) is 26.5 Å². The first-order valence-electron chi connectivity index (χ1n) is 12.2. The van der Waals surface area contributed by atoms with Gasteiger partial charge in [0.05, 0.1) is 18.7 Å². The number of nitrogens with one attached hydrogen (secondary N) is 1. The highest BCUT2D eigenvalue weighted by Gasteiger charge is 2.34. The van der Waals surface area contributed by atoms with E-state index in [0.717, 1.165) is 16.0 Å². The average molecular weight is 531 g/mol. The summed E-state index contributed by atoms with van der Waals surface area (Å²) >= 11 is 0. The number of urea groups is 1. The fourth-order valence-corrected chi connectivity index (χ4v) is 4.08. The Bertz CT molecular complexity index is 1450. The molecule has 3 amide bonds. The van der Waals surface area contributed by atoms with Crippen LogP contribution in [0, 0.1) is 5.82 Å². The van der Waals surface area contributed by atoms with Crippen LogP contribution in [-0.2, 0) is 24.4 Å². The SMILES string of the molecule is C=CCc1cc(/C=C2/NC(=O)N(Cc3ccccc3F)C2=O)cc(OCC)c1OCc1ccc(C(=O)O)cc1. The lowest BCUT2D eigenvalue weighted by molar-refractivity contribution is -0.123. The van der Waals surface area contributed by atoms with E-state index in [4.69, 9.17) is 14.6 Å². The largest absolute Gasteiger partial charge is 0.490 e. The number of amides is 3. The molecule has 3 aromatic rings. The van der Waals surface area contributed by atoms with Crippen LogP contribution < -0.4 is 14.8 Å². The molecule has 0 spiro atoms. The summed E-state index contributed by atoms with van der Waals surface area (Å²) < 4.78 is 26.0. The molecule has 0 bridgehead atoms. The van der Waals surface area contributed by atoms with Gasteiger partial charge in [-0.15, -0.1) is 6.58 Å². The summed E-state index contributed by atoms with van der Waals surface area (Å²) in [5.74, 6) is -1.16. The zero-order valence-corrected chi connectivity index (χ0v) is 21.3. The lowest BCUT2D eigenvalue weighted by atomic mass is 10.0. The quantitative estimate of drug-likeness (QED) is 0.197. The van der Waals surface area contributed by atoms with Crippen molar-refractivity contribution in [3.05, 3.63) is 113 Å². The highest BCUT2D eigenvalue weighted by atomic mass is 19.1. The number of rotatable bonds is 11. The maximum absolute atomic E-state index is 14.1. The van der Waals surface area contributed by atoms with Gasteiger partial charge in [-0.2, -0.15) is 0 Å². The molecule has 1 heterocycles. The van der Waals surface area contributed by atoms with Gasteiger partial charge in [-0.05, 0) is 60.9 Å². The minimum Gasteiger partial charge on any atom is -0.490 e. The Balaban J connectivity index is 1.60. The van der Waals surface area contributed by atoms with E-state index in [1.165, 1.54) is 36.4 Å². The van der Waals surface area contributed by atoms with E-state index in [0.29, 0.717) is 30.1 Å². The van der Waals surface area contributed by atoms with Gasteiger partial charge in [0.1, 0.15) is 18.1 Å². The Labute approximate surface area is 225 Å². The maximum atomic E-state index is 14.1. The van der Waals surface area contributed by atoms with Gasteiger partial charge in [-0.1, -0.05) is 36.4 Å². The summed E-state index contributed by atoms with van der Waals surface area (Å²) in [5.41, 5.74) is 2.56. The van der Waals surface area contributed by atoms with Crippen molar-refractivity contribution in [1.29, 1.82) is 0 Å². The van der Waals surface area contributed by atoms with E-state index in [9.17, 15) is 18.8 Å². The molecular formula is C30H27FN2O6. The van der Waals surface area contributed by atoms with Crippen molar-refractivity contribution in [1.82, 2.24) is 10.2 Å². The first-order valence-corrected chi connectivity index (χ1v) is 12.2. The summed E-state index contributed by atoms with van der Waals surface area (Å²) in [6.45, 7) is 5.97. The Kier molecular flexibility index (Phi) is 8.40. The first kappa shape index (κ1) is 27.1. The van der Waals surface area contributed by atoms with Crippen molar-refractivity contribution in [2.24, 2.45) is 0 Å². The lowest BCUT2D eigenvalue weighted by Gasteiger charge is -2.17. The minimum atomic E-state index is -1.01. The molecule has 0 radical (unpaired) electrons. The molecule has 1 saturated heterocycles. The second kappa shape index (κ2) is 12.1. The van der Waals surface area contributed by atoms with E-state index in [-0.39, 0.29) is 30.0 Å². The van der Waals surface area contributed by atoms with Gasteiger partial charge in [0, 0.05) is 11.1 Å². The molecule has 9 heteroatoms. The fraction of sp³-hybridized carbons (Fsp3) is 0.167. The van der Waals surface area contributed by atoms with Crippen LogP contribution in [0.15, 0.2) is 79.0 Å². The normalized spacial score (nSPS) is 13.9. The third-order valence-corrected chi connectivity index (χ3v) is 5.96. The fourth-order valence-electron chi connectivity index (χ4n) is 4.08. The number of carboxylic acids is 1. The molecule has 0 saturated carbocycles. The van der Waals surface area contributed by atoms with Crippen LogP contribution in [-0.4, -0.2) is 34.5 Å². The van der Waals surface area contributed by atoms with Crippen molar-refractivity contribution >= 4 is 24.0 Å². The molecule has 0 atom stereocenters. The number of halogens is 1. The topological polar surface area (TPSA) is 105 Å². The Morgan fingerprint density at radius 3 is 2.49 bits per heavy atom. The molecule has 0 aliphatic carbocycles. The minimum absolute atomic E-state index is 0.0514. The number of aromatic carboxylic acids is 1. The zero-order chi connectivity index (χ0) is 27.9. The van der Waals surface area contributed by atoms with Gasteiger partial charge in [0.15, 0.2) is 11.5 Å². The van der Waals surface area contributed by atoms with Crippen LogP contribution in [0.5, 0.6) is 11.5 Å². The van der Waals surface area contributed by atoms with Gasteiger partial charge in [0.2, 0.25) is 0 Å². The highest BCUT2D eigenvalue weighted by molar-refractivity contribution is 6.13. The monoisotopic (exact) mass is 530 g/mol. The van der Waals surface area contributed by atoms with E-state index in [1.807, 2.05) is 6.92 Å². The molecular weight excluding hydrogens is 503 g/mol. The molecule has 0 unspecified atom stereocenters. The number of carbonyl (C=O) groups is 3. The molecule has 1 aliphatic rings. The van der Waals surface area contributed by atoms with Crippen molar-refractivity contribution in [3.63, 3.8) is 0 Å². The van der Waals surface area contributed by atoms with E-state index in [2.05, 4.69) is 11.9 Å². The third kappa shape index (κ3) is 6.32. The molecule has 8 nitrogen and oxygen atoms in total. The predicted molar refractivity (Wildman–Crippen MR) is 143 cm³/mol. The number of benzene rings is 3. The van der Waals surface area contributed by atoms with Crippen LogP contribution in [0.4, 0.5) is 9.18 Å². The number of allylic oxidation sites excluding steroid dienone is 1. The Hall–Kier alpha value is -4.92. The van der Waals surface area contributed by atoms with Crippen LogP contribution in [0.3, 0.4) is 0 Å². The zero-order valence-electron chi connectivity index (χ0n) is 21.3. The predicted octanol–water partition coefficient (Wildman–Crippen LogP) is 5.32. The van der Waals surface area contributed by atoms with E-state index < -0.39 is 23.7 Å². The van der Waals surface area contributed by atoms with Gasteiger partial charge in [-0.25, -0.2) is 14.0 Å². The third-order valence-electron chi connectivity index (χ3n) is 5.96. The first-order chi connectivity index (χ1) is 18.8. The highest BCUT2D eigenvalue weighted by Crippen LogP contribution is 2.35. The van der Waals surface area contributed by atoms with E-state index in [1.54, 1.807) is 36.4 Å². The average Bonchev–Trinajstić information content (AvgIpc) is 3.17. The van der Waals surface area contributed by atoms with Crippen molar-refractivity contribution < 1.29 is 33.4 Å². The standard InChI is InChI=1S/C30H27FN2O6/c1-3-7-22-14-20(15-25-28(34)33(30(37)32-25)17-23-8-5-6-9-24(23)31)16-26(38-4-2)27(22)39-18-19-10-12-21(13-11-19)29(35)36/h3,5-6,8-16H,1,4,7,17-18H2,2H3,(H,32,37)(H,35,36)/b25-15+. The number of ether oxygens (including phenoxy) is 2. The molecule has 4 rings (SSSR count). The molecule has 2 N–H and O–H groups in total. The number of carbonyl (C=O) groups excluding carboxylic acids is 2. The van der Waals surface area contributed by atoms with Crippen LogP contribution in [0.1, 0.15) is 39.5 Å². The van der Waals surface area contributed by atoms with Crippen LogP contribution in [0.2, 0.25) is 0 Å². The van der Waals surface area contributed by atoms with Crippen LogP contribution in [0.25, 0.3) is 6.08 Å². The summed E-state index contributed by atoms with van der Waals surface area (Å²) in [6.07, 6.45) is 3.67. The Morgan fingerprint density at radius 1 is 1.08 bits per heavy atom. The second-order valence-electron chi connectivity index (χ2n) is 8.69. The number of hydrogen-bond donors (Lipinski definition) is 2. The molecule has 1 aliphatic heterocycles. The molecule has 0 aromatic heterocycles. The van der Waals surface area contributed by atoms with E-state index >= 15 is 0 Å². The summed E-state index contributed by atoms with van der Waals surface area (Å²) in [4.78, 5) is 37.6. The smallest absolute Gasteiger partial charge is 0.335 e. The summed E-state index contributed by atoms with van der Waals surface area (Å²) in [5, 5.41) is 11.7. The van der Waals surface area contributed by atoms with Gasteiger partial charge in [0.25, 0.3) is 5.91 Å². The number of imide groups is 1. The molecule has 39 heavy (non-hydrogen) atoms. The number of carboxylic acid groups (broad SMARTS) is 1. The molecule has 3 aromatic carbocycles. The maximum Gasteiger partial charge on any atom is 0.335 e. The van der Waals surface area contributed by atoms with Gasteiger partial charge >= 0.3 is 12.0 Å². The van der Waals surface area contributed by atoms with Gasteiger partial charge in [-0.3, -0.25) is 9.69 Å². The van der Waals surface area contributed by atoms with Crippen molar-refractivity contribution in [3.8, 4) is 11.5 Å². The Morgan fingerprint density at radius 2 is 1.82 bits per heavy atom. The lowest BCUT2D eigenvalue weighted by Crippen LogP contribution is -2.30. The summed E-state index contributed by atoms with van der Waals surface area (Å²) in [6, 6.07) is 15.2.